The summed E-state index contributed by atoms with van der Waals surface area (Å²) in [5, 5.41) is 19.4. The highest BCUT2D eigenvalue weighted by atomic mass is 16.3. The van der Waals surface area contributed by atoms with Crippen LogP contribution in [-0.2, 0) is 0 Å². The number of rotatable bonds is 2. The van der Waals surface area contributed by atoms with Gasteiger partial charge in [0.25, 0.3) is 0 Å². The molecule has 88 valence electrons. The van der Waals surface area contributed by atoms with E-state index in [0.717, 1.165) is 32.2 Å². The molecule has 0 amide bonds. The Morgan fingerprint density at radius 1 is 1.20 bits per heavy atom. The predicted molar refractivity (Wildman–Crippen MR) is 59.6 cm³/mol. The first kappa shape index (κ1) is 11.4. The van der Waals surface area contributed by atoms with Gasteiger partial charge in [-0.25, -0.2) is 0 Å². The van der Waals surface area contributed by atoms with Gasteiger partial charge in [-0.2, -0.15) is 0 Å². The summed E-state index contributed by atoms with van der Waals surface area (Å²) in [5.74, 6) is 0.573. The Morgan fingerprint density at radius 3 is 2.60 bits per heavy atom. The summed E-state index contributed by atoms with van der Waals surface area (Å²) in [6, 6.07) is 0.587. The second kappa shape index (κ2) is 4.81. The van der Waals surface area contributed by atoms with Gasteiger partial charge in [0, 0.05) is 12.1 Å². The van der Waals surface area contributed by atoms with Crippen molar-refractivity contribution < 1.29 is 10.2 Å². The molecule has 0 aromatic heterocycles. The zero-order chi connectivity index (χ0) is 10.8. The molecule has 1 heterocycles. The molecule has 4 unspecified atom stereocenters. The van der Waals surface area contributed by atoms with E-state index in [2.05, 4.69) is 11.8 Å². The van der Waals surface area contributed by atoms with E-state index >= 15 is 0 Å². The van der Waals surface area contributed by atoms with Gasteiger partial charge >= 0.3 is 0 Å². The molecule has 0 radical (unpaired) electrons. The molecule has 1 saturated carbocycles. The lowest BCUT2D eigenvalue weighted by Crippen LogP contribution is -2.49. The molecule has 4 atom stereocenters. The van der Waals surface area contributed by atoms with Crippen molar-refractivity contribution in [3.05, 3.63) is 0 Å². The van der Waals surface area contributed by atoms with Gasteiger partial charge in [0.2, 0.25) is 0 Å². The second-order valence-electron chi connectivity index (χ2n) is 5.17. The van der Waals surface area contributed by atoms with E-state index in [1.54, 1.807) is 0 Å². The van der Waals surface area contributed by atoms with Gasteiger partial charge in [0.15, 0.2) is 0 Å². The zero-order valence-corrected chi connectivity index (χ0v) is 9.60. The first-order valence-electron chi connectivity index (χ1n) is 6.28. The highest BCUT2D eigenvalue weighted by Gasteiger charge is 2.38. The van der Waals surface area contributed by atoms with Crippen LogP contribution < -0.4 is 0 Å². The van der Waals surface area contributed by atoms with Crippen molar-refractivity contribution in [1.29, 1.82) is 0 Å². The van der Waals surface area contributed by atoms with Gasteiger partial charge in [-0.3, -0.25) is 4.90 Å². The zero-order valence-electron chi connectivity index (χ0n) is 9.60. The van der Waals surface area contributed by atoms with Crippen molar-refractivity contribution in [2.24, 2.45) is 5.92 Å². The molecule has 0 spiro atoms. The topological polar surface area (TPSA) is 43.7 Å². The van der Waals surface area contributed by atoms with Crippen molar-refractivity contribution in [3.8, 4) is 0 Å². The molecule has 2 fully saturated rings. The molecule has 0 bridgehead atoms. The minimum Gasteiger partial charge on any atom is -0.395 e. The normalized spacial score (nSPS) is 43.4. The van der Waals surface area contributed by atoms with E-state index in [0.29, 0.717) is 12.0 Å². The molecule has 2 rings (SSSR count). The number of aliphatic hydroxyl groups is 2. The first-order chi connectivity index (χ1) is 7.24. The molecule has 15 heavy (non-hydrogen) atoms. The first-order valence-corrected chi connectivity index (χ1v) is 6.28. The monoisotopic (exact) mass is 213 g/mol. The molecule has 3 nitrogen and oxygen atoms in total. The number of hydrogen-bond acceptors (Lipinski definition) is 3. The largest absolute Gasteiger partial charge is 0.395 e. The Morgan fingerprint density at radius 2 is 1.93 bits per heavy atom. The van der Waals surface area contributed by atoms with Crippen molar-refractivity contribution in [1.82, 2.24) is 4.90 Å². The van der Waals surface area contributed by atoms with Gasteiger partial charge in [0.1, 0.15) is 0 Å². The van der Waals surface area contributed by atoms with E-state index in [-0.39, 0.29) is 18.8 Å². The van der Waals surface area contributed by atoms with Crippen LogP contribution in [0.1, 0.15) is 39.0 Å². The lowest BCUT2D eigenvalue weighted by atomic mass is 9.90. The average Bonchev–Trinajstić information content (AvgIpc) is 2.60. The Balaban J connectivity index is 2.02. The molecule has 0 aromatic rings. The van der Waals surface area contributed by atoms with Crippen molar-refractivity contribution in [3.63, 3.8) is 0 Å². The van der Waals surface area contributed by atoms with E-state index in [1.807, 2.05) is 0 Å². The van der Waals surface area contributed by atoms with Crippen LogP contribution >= 0.6 is 0 Å². The number of hydrogen-bond donors (Lipinski definition) is 2. The summed E-state index contributed by atoms with van der Waals surface area (Å²) >= 11 is 0. The van der Waals surface area contributed by atoms with E-state index in [9.17, 15) is 10.2 Å². The third-order valence-corrected chi connectivity index (χ3v) is 4.23. The maximum absolute atomic E-state index is 10.0. The molecule has 2 N–H and O–H groups in total. The fourth-order valence-electron chi connectivity index (χ4n) is 3.21. The lowest BCUT2D eigenvalue weighted by molar-refractivity contribution is -0.00222. The highest BCUT2D eigenvalue weighted by Crippen LogP contribution is 2.31. The van der Waals surface area contributed by atoms with Crippen LogP contribution in [0.25, 0.3) is 0 Å². The van der Waals surface area contributed by atoms with E-state index in [1.165, 1.54) is 6.42 Å². The van der Waals surface area contributed by atoms with Crippen LogP contribution in [0.4, 0.5) is 0 Å². The van der Waals surface area contributed by atoms with Gasteiger partial charge < -0.3 is 10.2 Å². The fraction of sp³-hybridized carbons (Fsp3) is 1.00. The van der Waals surface area contributed by atoms with Crippen molar-refractivity contribution in [2.45, 2.75) is 57.2 Å². The summed E-state index contributed by atoms with van der Waals surface area (Å²) in [6.07, 6.45) is 5.42. The van der Waals surface area contributed by atoms with Crippen LogP contribution in [0, 0.1) is 5.92 Å². The Bertz CT molecular complexity index is 210. The Kier molecular flexibility index (Phi) is 3.65. The second-order valence-corrected chi connectivity index (χ2v) is 5.17. The standard InChI is InChI=1S/C12H23NO2/c1-9-6-7-13(11(9)8-14)10-4-2-3-5-12(10)15/h9-12,14-15H,2-8H2,1H3. The molecule has 1 aliphatic carbocycles. The SMILES string of the molecule is CC1CCN(C2CCCCC2O)C1CO. The van der Waals surface area contributed by atoms with Crippen molar-refractivity contribution in [2.75, 3.05) is 13.2 Å². The van der Waals surface area contributed by atoms with Gasteiger partial charge in [0.05, 0.1) is 12.7 Å². The summed E-state index contributed by atoms with van der Waals surface area (Å²) in [4.78, 5) is 2.36. The van der Waals surface area contributed by atoms with E-state index < -0.39 is 0 Å². The predicted octanol–water partition coefficient (Wildman–Crippen LogP) is 0.993. The molecular formula is C12H23NO2. The highest BCUT2D eigenvalue weighted by molar-refractivity contribution is 4.92. The third kappa shape index (κ3) is 2.19. The number of likely N-dealkylation sites (tertiary alicyclic amines) is 1. The summed E-state index contributed by atoms with van der Waals surface area (Å²) in [7, 11) is 0. The minimum atomic E-state index is -0.168. The average molecular weight is 213 g/mol. The van der Waals surface area contributed by atoms with Gasteiger partial charge in [-0.05, 0) is 31.7 Å². The maximum atomic E-state index is 10.0. The summed E-state index contributed by atoms with van der Waals surface area (Å²) < 4.78 is 0. The lowest BCUT2D eigenvalue weighted by Gasteiger charge is -2.38. The number of aliphatic hydroxyl groups excluding tert-OH is 2. The van der Waals surface area contributed by atoms with Crippen LogP contribution in [0.2, 0.25) is 0 Å². The van der Waals surface area contributed by atoms with Crippen LogP contribution in [0.15, 0.2) is 0 Å². The molecule has 3 heteroatoms. The van der Waals surface area contributed by atoms with Gasteiger partial charge in [-0.15, -0.1) is 0 Å². The quantitative estimate of drug-likeness (QED) is 0.719. The maximum Gasteiger partial charge on any atom is 0.0695 e. The summed E-state index contributed by atoms with van der Waals surface area (Å²) in [5.41, 5.74) is 0. The molecule has 2 aliphatic rings. The Hall–Kier alpha value is -0.120. The Labute approximate surface area is 92.1 Å². The number of nitrogens with zero attached hydrogens (tertiary/aromatic N) is 1. The minimum absolute atomic E-state index is 0.168. The van der Waals surface area contributed by atoms with Gasteiger partial charge in [-0.1, -0.05) is 19.8 Å². The third-order valence-electron chi connectivity index (χ3n) is 4.23. The van der Waals surface area contributed by atoms with Crippen LogP contribution in [0.3, 0.4) is 0 Å². The van der Waals surface area contributed by atoms with E-state index in [4.69, 9.17) is 0 Å². The summed E-state index contributed by atoms with van der Waals surface area (Å²) in [6.45, 7) is 3.49. The molecular weight excluding hydrogens is 190 g/mol. The molecule has 0 aromatic carbocycles. The fourth-order valence-corrected chi connectivity index (χ4v) is 3.21. The van der Waals surface area contributed by atoms with Crippen molar-refractivity contribution >= 4 is 0 Å². The smallest absolute Gasteiger partial charge is 0.0695 e. The van der Waals surface area contributed by atoms with Crippen LogP contribution in [-0.4, -0.2) is 46.5 Å². The molecule has 1 saturated heterocycles. The van der Waals surface area contributed by atoms with Crippen LogP contribution in [0.5, 0.6) is 0 Å². The molecule has 1 aliphatic heterocycles.